The first kappa shape index (κ1) is 28.3. The van der Waals surface area contributed by atoms with E-state index in [1.807, 2.05) is 49.4 Å². The van der Waals surface area contributed by atoms with E-state index in [0.717, 1.165) is 24.4 Å². The summed E-state index contributed by atoms with van der Waals surface area (Å²) in [6.45, 7) is 6.34. The first-order chi connectivity index (χ1) is 20.0. The molecule has 3 heterocycles. The molecular formula is C30H36N4O7. The summed E-state index contributed by atoms with van der Waals surface area (Å²) in [6, 6.07) is 16.2. The molecule has 0 bridgehead atoms. The zero-order valence-electron chi connectivity index (χ0n) is 23.5. The third-order valence-electron chi connectivity index (χ3n) is 7.06. The highest BCUT2D eigenvalue weighted by molar-refractivity contribution is 5.93. The van der Waals surface area contributed by atoms with Crippen molar-refractivity contribution in [2.24, 2.45) is 0 Å². The monoisotopic (exact) mass is 564 g/mol. The number of urea groups is 1. The van der Waals surface area contributed by atoms with Crippen LogP contribution >= 0.6 is 0 Å². The summed E-state index contributed by atoms with van der Waals surface area (Å²) in [5.74, 6) is 3.07. The van der Waals surface area contributed by atoms with E-state index < -0.39 is 0 Å². The molecule has 1 saturated heterocycles. The van der Waals surface area contributed by atoms with Crippen LogP contribution in [-0.2, 0) is 22.6 Å². The summed E-state index contributed by atoms with van der Waals surface area (Å²) in [7, 11) is 1.55. The number of nitrogens with one attached hydrogen (secondary N) is 1. The van der Waals surface area contributed by atoms with E-state index in [9.17, 15) is 9.59 Å². The Morgan fingerprint density at radius 3 is 2.56 bits per heavy atom. The molecular weight excluding hydrogens is 528 g/mol. The number of aryl methyl sites for hydroxylation is 1. The Kier molecular flexibility index (Phi) is 9.27. The van der Waals surface area contributed by atoms with Crippen LogP contribution in [0.25, 0.3) is 0 Å². The van der Waals surface area contributed by atoms with Gasteiger partial charge in [-0.1, -0.05) is 18.2 Å². The fourth-order valence-corrected chi connectivity index (χ4v) is 4.79. The van der Waals surface area contributed by atoms with E-state index in [1.54, 1.807) is 29.0 Å². The number of nitrogens with zero attached hydrogens (tertiary/aromatic N) is 3. The number of rotatable bonds is 11. The average Bonchev–Trinajstić information content (AvgIpc) is 3.63. The lowest BCUT2D eigenvalue weighted by molar-refractivity contribution is -0.133. The number of anilines is 1. The van der Waals surface area contributed by atoms with Crippen LogP contribution in [0.4, 0.5) is 10.5 Å². The Hall–Kier alpha value is -4.22. The van der Waals surface area contributed by atoms with E-state index in [2.05, 4.69) is 10.2 Å². The molecule has 3 aromatic rings. The summed E-state index contributed by atoms with van der Waals surface area (Å²) in [4.78, 5) is 32.9. The van der Waals surface area contributed by atoms with Crippen molar-refractivity contribution >= 4 is 17.6 Å². The molecule has 41 heavy (non-hydrogen) atoms. The largest absolute Gasteiger partial charge is 0.495 e. The van der Waals surface area contributed by atoms with Gasteiger partial charge in [-0.2, -0.15) is 0 Å². The van der Waals surface area contributed by atoms with Gasteiger partial charge < -0.3 is 38.5 Å². The summed E-state index contributed by atoms with van der Waals surface area (Å²) < 4.78 is 27.6. The standard InChI is InChI=1S/C30H36N4O7/c1-22-7-9-24(41-22)19-34(18-23-8-10-27-28(17-23)40-21-39-27)29(35)20-33(12-11-32-13-15-38-16-14-32)30(36)31-25-5-3-4-6-26(25)37-2/h3-10,17H,11-16,18-21H2,1-2H3,(H,31,36). The summed E-state index contributed by atoms with van der Waals surface area (Å²) in [5.41, 5.74) is 1.41. The topological polar surface area (TPSA) is 106 Å². The fraction of sp³-hybridized carbons (Fsp3) is 0.400. The van der Waals surface area contributed by atoms with E-state index in [0.29, 0.717) is 61.5 Å². The Balaban J connectivity index is 1.34. The van der Waals surface area contributed by atoms with Gasteiger partial charge in [0.25, 0.3) is 0 Å². The predicted molar refractivity (Wildman–Crippen MR) is 151 cm³/mol. The average molecular weight is 565 g/mol. The minimum absolute atomic E-state index is 0.116. The number of hydrogen-bond donors (Lipinski definition) is 1. The fourth-order valence-electron chi connectivity index (χ4n) is 4.79. The predicted octanol–water partition coefficient (Wildman–Crippen LogP) is 3.72. The SMILES string of the molecule is COc1ccccc1NC(=O)N(CCN1CCOCC1)CC(=O)N(Cc1ccc2c(c1)OCO2)Cc1ccc(C)o1. The van der Waals surface area contributed by atoms with Crippen LogP contribution in [0, 0.1) is 6.92 Å². The minimum Gasteiger partial charge on any atom is -0.495 e. The Morgan fingerprint density at radius 2 is 1.78 bits per heavy atom. The third-order valence-corrected chi connectivity index (χ3v) is 7.06. The number of morpholine rings is 1. The lowest BCUT2D eigenvalue weighted by Crippen LogP contribution is -2.48. The molecule has 218 valence electrons. The van der Waals surface area contributed by atoms with Gasteiger partial charge in [0.05, 0.1) is 32.6 Å². The second-order valence-corrected chi connectivity index (χ2v) is 9.96. The van der Waals surface area contributed by atoms with E-state index in [-0.39, 0.29) is 31.8 Å². The molecule has 0 aliphatic carbocycles. The van der Waals surface area contributed by atoms with Crippen molar-refractivity contribution < 1.29 is 33.0 Å². The first-order valence-corrected chi connectivity index (χ1v) is 13.7. The normalized spacial score (nSPS) is 14.5. The van der Waals surface area contributed by atoms with E-state index in [1.165, 1.54) is 0 Å². The van der Waals surface area contributed by atoms with Crippen molar-refractivity contribution in [3.8, 4) is 17.2 Å². The third kappa shape index (κ3) is 7.50. The van der Waals surface area contributed by atoms with Gasteiger partial charge in [-0.15, -0.1) is 0 Å². The molecule has 5 rings (SSSR count). The number of methoxy groups -OCH3 is 1. The first-order valence-electron chi connectivity index (χ1n) is 13.7. The van der Waals surface area contributed by atoms with Gasteiger partial charge >= 0.3 is 6.03 Å². The number of ether oxygens (including phenoxy) is 4. The smallest absolute Gasteiger partial charge is 0.322 e. The van der Waals surface area contributed by atoms with Gasteiger partial charge in [0, 0.05) is 32.7 Å². The maximum absolute atomic E-state index is 13.9. The number of carbonyl (C=O) groups is 2. The van der Waals surface area contributed by atoms with Crippen molar-refractivity contribution in [1.29, 1.82) is 0 Å². The summed E-state index contributed by atoms with van der Waals surface area (Å²) >= 11 is 0. The van der Waals surface area contributed by atoms with Gasteiger partial charge in [-0.05, 0) is 48.9 Å². The second kappa shape index (κ2) is 13.4. The van der Waals surface area contributed by atoms with Gasteiger partial charge in [0.2, 0.25) is 12.7 Å². The van der Waals surface area contributed by atoms with Crippen LogP contribution in [0.15, 0.2) is 59.0 Å². The Bertz CT molecular complexity index is 1340. The molecule has 2 aliphatic heterocycles. The van der Waals surface area contributed by atoms with Crippen LogP contribution in [0.2, 0.25) is 0 Å². The lowest BCUT2D eigenvalue weighted by Gasteiger charge is -2.31. The van der Waals surface area contributed by atoms with Crippen LogP contribution in [-0.4, -0.2) is 86.5 Å². The number of fused-ring (bicyclic) bond motifs is 1. The van der Waals surface area contributed by atoms with Gasteiger partial charge in [-0.3, -0.25) is 9.69 Å². The Morgan fingerprint density at radius 1 is 0.976 bits per heavy atom. The minimum atomic E-state index is -0.381. The van der Waals surface area contributed by atoms with Gasteiger partial charge in [0.15, 0.2) is 11.5 Å². The van der Waals surface area contributed by atoms with E-state index in [4.69, 9.17) is 23.4 Å². The van der Waals surface area contributed by atoms with Gasteiger partial charge in [-0.25, -0.2) is 4.79 Å². The number of hydrogen-bond acceptors (Lipinski definition) is 8. The van der Waals surface area contributed by atoms with Crippen molar-refractivity contribution in [2.45, 2.75) is 20.0 Å². The summed E-state index contributed by atoms with van der Waals surface area (Å²) in [6.07, 6.45) is 0. The van der Waals surface area contributed by atoms with E-state index >= 15 is 0 Å². The molecule has 11 heteroatoms. The highest BCUT2D eigenvalue weighted by Gasteiger charge is 2.25. The maximum Gasteiger partial charge on any atom is 0.322 e. The van der Waals surface area contributed by atoms with Crippen LogP contribution in [0.1, 0.15) is 17.1 Å². The van der Waals surface area contributed by atoms with Crippen molar-refractivity contribution in [1.82, 2.24) is 14.7 Å². The molecule has 1 fully saturated rings. The zero-order valence-corrected chi connectivity index (χ0v) is 23.5. The lowest BCUT2D eigenvalue weighted by atomic mass is 10.2. The van der Waals surface area contributed by atoms with Crippen LogP contribution in [0.3, 0.4) is 0 Å². The second-order valence-electron chi connectivity index (χ2n) is 9.96. The number of para-hydroxylation sites is 2. The molecule has 0 radical (unpaired) electrons. The van der Waals surface area contributed by atoms with Crippen molar-refractivity contribution in [3.05, 3.63) is 71.7 Å². The molecule has 0 saturated carbocycles. The number of amides is 3. The van der Waals surface area contributed by atoms with Crippen LogP contribution in [0.5, 0.6) is 17.2 Å². The van der Waals surface area contributed by atoms with Crippen molar-refractivity contribution in [3.63, 3.8) is 0 Å². The molecule has 2 aliphatic rings. The summed E-state index contributed by atoms with van der Waals surface area (Å²) in [5, 5.41) is 2.92. The number of furan rings is 1. The molecule has 11 nitrogen and oxygen atoms in total. The molecule has 0 atom stereocenters. The van der Waals surface area contributed by atoms with Crippen LogP contribution < -0.4 is 19.5 Å². The molecule has 0 spiro atoms. The molecule has 0 unspecified atom stereocenters. The molecule has 3 amide bonds. The number of carbonyl (C=O) groups excluding carboxylic acids is 2. The molecule has 1 N–H and O–H groups in total. The zero-order chi connectivity index (χ0) is 28.6. The van der Waals surface area contributed by atoms with Gasteiger partial charge in [0.1, 0.15) is 23.8 Å². The number of benzene rings is 2. The highest BCUT2D eigenvalue weighted by atomic mass is 16.7. The maximum atomic E-state index is 13.9. The quantitative estimate of drug-likeness (QED) is 0.376. The highest BCUT2D eigenvalue weighted by Crippen LogP contribution is 2.33. The Labute approximate surface area is 239 Å². The molecule has 1 aromatic heterocycles. The molecule has 2 aromatic carbocycles. The van der Waals surface area contributed by atoms with Crippen molar-refractivity contribution in [2.75, 3.05) is 65.2 Å².